The van der Waals surface area contributed by atoms with Crippen LogP contribution in [0.4, 0.5) is 4.39 Å². The van der Waals surface area contributed by atoms with Crippen molar-refractivity contribution in [1.82, 2.24) is 15.2 Å². The van der Waals surface area contributed by atoms with Crippen molar-refractivity contribution in [2.45, 2.75) is 19.0 Å². The highest BCUT2D eigenvalue weighted by Crippen LogP contribution is 2.37. The molecule has 12 heteroatoms. The van der Waals surface area contributed by atoms with E-state index < -0.39 is 29.8 Å². The second-order valence-electron chi connectivity index (χ2n) is 7.58. The number of primary amides is 1. The molecular weight excluding hydrogens is 545 g/mol. The van der Waals surface area contributed by atoms with Crippen LogP contribution in [-0.4, -0.2) is 64.8 Å². The van der Waals surface area contributed by atoms with E-state index in [2.05, 4.69) is 26.2 Å². The number of nitrogens with two attached hydrogens (primary N) is 1. The van der Waals surface area contributed by atoms with E-state index in [-0.39, 0.29) is 13.2 Å². The second-order valence-corrected chi connectivity index (χ2v) is 10.5. The van der Waals surface area contributed by atoms with Crippen molar-refractivity contribution in [3.8, 4) is 0 Å². The molecule has 0 spiro atoms. The maximum atomic E-state index is 13.9. The third-order valence-electron chi connectivity index (χ3n) is 5.44. The van der Waals surface area contributed by atoms with E-state index in [0.29, 0.717) is 44.4 Å². The van der Waals surface area contributed by atoms with Crippen LogP contribution in [0.3, 0.4) is 0 Å². The Kier molecular flexibility index (Phi) is 8.02. The molecule has 0 saturated carbocycles. The predicted octanol–water partition coefficient (Wildman–Crippen LogP) is 2.86. The maximum Gasteiger partial charge on any atom is 0.338 e. The van der Waals surface area contributed by atoms with Gasteiger partial charge in [0.15, 0.2) is 10.8 Å². The molecule has 2 aliphatic heterocycles. The van der Waals surface area contributed by atoms with Gasteiger partial charge >= 0.3 is 5.97 Å². The molecule has 1 aromatic heterocycles. The first kappa shape index (κ1) is 24.8. The Labute approximate surface area is 213 Å². The van der Waals surface area contributed by atoms with Gasteiger partial charge in [-0.3, -0.25) is 14.7 Å². The van der Waals surface area contributed by atoms with E-state index >= 15 is 0 Å². The summed E-state index contributed by atoms with van der Waals surface area (Å²) >= 11 is 6.49. The Morgan fingerprint density at radius 1 is 1.41 bits per heavy atom. The molecule has 2 aliphatic rings. The summed E-state index contributed by atoms with van der Waals surface area (Å²) in [6, 6.07) is 3.03. The third-order valence-corrected chi connectivity index (χ3v) is 7.93. The Morgan fingerprint density at radius 3 is 2.91 bits per heavy atom. The van der Waals surface area contributed by atoms with Gasteiger partial charge in [0.2, 0.25) is 5.91 Å². The van der Waals surface area contributed by atoms with Gasteiger partial charge in [0.1, 0.15) is 11.9 Å². The number of halogens is 2. The molecule has 2 atom stereocenters. The fourth-order valence-corrected chi connectivity index (χ4v) is 6.14. The van der Waals surface area contributed by atoms with Gasteiger partial charge in [-0.2, -0.15) is 11.8 Å². The summed E-state index contributed by atoms with van der Waals surface area (Å²) in [6.45, 7) is 2.81. The highest BCUT2D eigenvalue weighted by atomic mass is 79.9. The SMILES string of the molecule is CCOC(=O)C1=C(CN2CCSCC2C(N)=O)NC(c2nccs2)=N[C@H]1c1ccc(F)cc1Br. The van der Waals surface area contributed by atoms with Crippen molar-refractivity contribution >= 4 is 56.7 Å². The standard InChI is InChI=1S/C22H23BrFN5O3S2/c1-2-32-22(31)17-15(10-29-6-8-33-11-16(29)19(25)30)27-20(21-26-5-7-34-21)28-18(17)13-4-3-12(24)9-14(13)23/h3-5,7,9,16,18H,2,6,8,10-11H2,1H3,(H2,25,30)(H,27,28)/t16?,18-/m0/s1. The van der Waals surface area contributed by atoms with E-state index in [0.717, 1.165) is 5.75 Å². The first-order chi connectivity index (χ1) is 16.4. The number of hydrogen-bond acceptors (Lipinski definition) is 9. The van der Waals surface area contributed by atoms with Crippen molar-refractivity contribution in [1.29, 1.82) is 0 Å². The molecule has 3 N–H and O–H groups in total. The Hall–Kier alpha value is -2.28. The number of amides is 1. The van der Waals surface area contributed by atoms with Gasteiger partial charge in [0, 0.05) is 46.3 Å². The Balaban J connectivity index is 1.83. The lowest BCUT2D eigenvalue weighted by molar-refractivity contribution is -0.139. The molecule has 8 nitrogen and oxygen atoms in total. The first-order valence-corrected chi connectivity index (χ1v) is 13.4. The lowest BCUT2D eigenvalue weighted by Crippen LogP contribution is -2.52. The first-order valence-electron chi connectivity index (χ1n) is 10.6. The molecule has 180 valence electrons. The zero-order chi connectivity index (χ0) is 24.2. The van der Waals surface area contributed by atoms with Crippen molar-refractivity contribution in [2.24, 2.45) is 10.7 Å². The topological polar surface area (TPSA) is 110 Å². The number of rotatable bonds is 7. The molecule has 1 aromatic carbocycles. The van der Waals surface area contributed by atoms with Crippen molar-refractivity contribution in [3.05, 3.63) is 61.9 Å². The summed E-state index contributed by atoms with van der Waals surface area (Å²) in [4.78, 5) is 36.4. The van der Waals surface area contributed by atoms with Crippen molar-refractivity contribution in [3.63, 3.8) is 0 Å². The van der Waals surface area contributed by atoms with Crippen LogP contribution in [0.1, 0.15) is 23.5 Å². The number of thioether (sulfide) groups is 1. The minimum atomic E-state index is -0.768. The molecule has 1 saturated heterocycles. The van der Waals surface area contributed by atoms with Gasteiger partial charge in [0.05, 0.1) is 18.2 Å². The second kappa shape index (κ2) is 11.0. The van der Waals surface area contributed by atoms with Crippen LogP contribution in [0.25, 0.3) is 0 Å². The lowest BCUT2D eigenvalue weighted by atomic mass is 9.95. The van der Waals surface area contributed by atoms with E-state index in [1.165, 1.54) is 23.5 Å². The van der Waals surface area contributed by atoms with Crippen LogP contribution >= 0.6 is 39.0 Å². The lowest BCUT2D eigenvalue weighted by Gasteiger charge is -2.36. The normalized spacial score (nSPS) is 21.1. The summed E-state index contributed by atoms with van der Waals surface area (Å²) in [6.07, 6.45) is 1.67. The number of benzene rings is 1. The number of amidine groups is 1. The Morgan fingerprint density at radius 2 is 2.24 bits per heavy atom. The number of thiazole rings is 1. The number of esters is 1. The van der Waals surface area contributed by atoms with Crippen LogP contribution < -0.4 is 11.1 Å². The average Bonchev–Trinajstić information content (AvgIpc) is 3.34. The van der Waals surface area contributed by atoms with E-state index in [9.17, 15) is 14.0 Å². The van der Waals surface area contributed by atoms with Crippen LogP contribution in [0.2, 0.25) is 0 Å². The zero-order valence-electron chi connectivity index (χ0n) is 18.3. The molecule has 0 bridgehead atoms. The number of carbonyl (C=O) groups is 2. The van der Waals surface area contributed by atoms with Crippen LogP contribution in [0.15, 0.2) is 50.5 Å². The number of aromatic nitrogens is 1. The molecule has 34 heavy (non-hydrogen) atoms. The average molecular weight is 568 g/mol. The smallest absolute Gasteiger partial charge is 0.338 e. The number of nitrogens with zero attached hydrogens (tertiary/aromatic N) is 3. The third kappa shape index (κ3) is 5.35. The van der Waals surface area contributed by atoms with Gasteiger partial charge in [-0.25, -0.2) is 14.2 Å². The quantitative estimate of drug-likeness (QED) is 0.495. The summed E-state index contributed by atoms with van der Waals surface area (Å²) in [5.41, 5.74) is 7.13. The highest BCUT2D eigenvalue weighted by molar-refractivity contribution is 9.10. The van der Waals surface area contributed by atoms with Crippen LogP contribution in [-0.2, 0) is 14.3 Å². The fraction of sp³-hybridized carbons (Fsp3) is 0.364. The highest BCUT2D eigenvalue weighted by Gasteiger charge is 2.36. The minimum Gasteiger partial charge on any atom is -0.463 e. The van der Waals surface area contributed by atoms with Crippen LogP contribution in [0, 0.1) is 5.82 Å². The van der Waals surface area contributed by atoms with Gasteiger partial charge < -0.3 is 15.8 Å². The van der Waals surface area contributed by atoms with Crippen molar-refractivity contribution in [2.75, 3.05) is 31.2 Å². The summed E-state index contributed by atoms with van der Waals surface area (Å²) in [5.74, 6) is 0.555. The number of aliphatic imine (C=N–C) groups is 1. The molecule has 2 aromatic rings. The number of nitrogens with one attached hydrogen (secondary N) is 1. The van der Waals surface area contributed by atoms with Crippen LogP contribution in [0.5, 0.6) is 0 Å². The predicted molar refractivity (Wildman–Crippen MR) is 134 cm³/mol. The summed E-state index contributed by atoms with van der Waals surface area (Å²) in [7, 11) is 0. The van der Waals surface area contributed by atoms with Gasteiger partial charge in [0.25, 0.3) is 0 Å². The van der Waals surface area contributed by atoms with E-state index in [4.69, 9.17) is 15.5 Å². The minimum absolute atomic E-state index is 0.181. The van der Waals surface area contributed by atoms with E-state index in [1.807, 2.05) is 10.3 Å². The zero-order valence-corrected chi connectivity index (χ0v) is 21.5. The largest absolute Gasteiger partial charge is 0.463 e. The summed E-state index contributed by atoms with van der Waals surface area (Å²) in [5, 5.41) is 5.74. The molecule has 0 radical (unpaired) electrons. The molecule has 1 unspecified atom stereocenters. The fourth-order valence-electron chi connectivity index (χ4n) is 3.86. The van der Waals surface area contributed by atoms with Gasteiger partial charge in [-0.05, 0) is 24.6 Å². The van der Waals surface area contributed by atoms with Gasteiger partial charge in [-0.1, -0.05) is 22.0 Å². The molecule has 0 aliphatic carbocycles. The Bertz CT molecular complexity index is 1140. The maximum absolute atomic E-state index is 13.9. The van der Waals surface area contributed by atoms with Gasteiger partial charge in [-0.15, -0.1) is 11.3 Å². The van der Waals surface area contributed by atoms with E-state index in [1.54, 1.807) is 30.9 Å². The molecule has 1 amide bonds. The van der Waals surface area contributed by atoms with Crippen molar-refractivity contribution < 1.29 is 18.7 Å². The molecule has 3 heterocycles. The number of ether oxygens (including phenoxy) is 1. The number of hydrogen-bond donors (Lipinski definition) is 2. The number of carbonyl (C=O) groups excluding carboxylic acids is 2. The molecular formula is C22H23BrFN5O3S2. The monoisotopic (exact) mass is 567 g/mol. The molecule has 1 fully saturated rings. The molecule has 4 rings (SSSR count). The summed E-state index contributed by atoms with van der Waals surface area (Å²) < 4.78 is 19.7.